The van der Waals surface area contributed by atoms with Gasteiger partial charge >= 0.3 is 0 Å². The van der Waals surface area contributed by atoms with Crippen molar-refractivity contribution in [2.24, 2.45) is 0 Å². The number of nitrogens with zero attached hydrogens (tertiary/aromatic N) is 3. The summed E-state index contributed by atoms with van der Waals surface area (Å²) in [4.78, 5) is 18.9. The van der Waals surface area contributed by atoms with Gasteiger partial charge in [-0.3, -0.25) is 10.1 Å². The average molecular weight is 258 g/mol. The zero-order valence-corrected chi connectivity index (χ0v) is 10.7. The number of non-ortho nitro benzene ring substituents is 1. The lowest BCUT2D eigenvalue weighted by molar-refractivity contribution is -0.384. The summed E-state index contributed by atoms with van der Waals surface area (Å²) >= 11 is 0. The second-order valence-corrected chi connectivity index (χ2v) is 4.50. The Labute approximate surface area is 110 Å². The Hall–Kier alpha value is -2.50. The Morgan fingerprint density at radius 2 is 2.00 bits per heavy atom. The minimum absolute atomic E-state index is 0.0285. The number of benzene rings is 1. The number of nitrogens with two attached hydrogens (primary N) is 1. The molecule has 2 aromatic rings. The second kappa shape index (κ2) is 5.01. The van der Waals surface area contributed by atoms with E-state index in [0.29, 0.717) is 22.9 Å². The minimum atomic E-state index is -0.433. The number of nitro benzene ring substituents is 1. The van der Waals surface area contributed by atoms with Crippen LogP contribution in [0.1, 0.15) is 25.6 Å². The summed E-state index contributed by atoms with van der Waals surface area (Å²) in [6.45, 7) is 3.93. The fourth-order valence-corrected chi connectivity index (χ4v) is 1.67. The minimum Gasteiger partial charge on any atom is -0.384 e. The van der Waals surface area contributed by atoms with Crippen LogP contribution in [-0.2, 0) is 0 Å². The van der Waals surface area contributed by atoms with Gasteiger partial charge < -0.3 is 5.73 Å². The Kier molecular flexibility index (Phi) is 3.41. The van der Waals surface area contributed by atoms with Gasteiger partial charge in [0, 0.05) is 29.7 Å². The summed E-state index contributed by atoms with van der Waals surface area (Å²) < 4.78 is 0. The third-order valence-electron chi connectivity index (χ3n) is 2.63. The molecule has 0 atom stereocenters. The van der Waals surface area contributed by atoms with Gasteiger partial charge in [-0.05, 0) is 0 Å². The normalized spacial score (nSPS) is 10.7. The molecule has 0 aliphatic heterocycles. The van der Waals surface area contributed by atoms with E-state index in [9.17, 15) is 10.1 Å². The van der Waals surface area contributed by atoms with Crippen molar-refractivity contribution in [3.63, 3.8) is 0 Å². The van der Waals surface area contributed by atoms with E-state index >= 15 is 0 Å². The molecule has 98 valence electrons. The van der Waals surface area contributed by atoms with Gasteiger partial charge in [-0.1, -0.05) is 26.0 Å². The van der Waals surface area contributed by atoms with Crippen molar-refractivity contribution >= 4 is 11.5 Å². The molecule has 1 aromatic carbocycles. The molecule has 0 unspecified atom stereocenters. The number of nitro groups is 1. The van der Waals surface area contributed by atoms with Crippen LogP contribution >= 0.6 is 0 Å². The van der Waals surface area contributed by atoms with Crippen molar-refractivity contribution in [3.8, 4) is 11.3 Å². The first kappa shape index (κ1) is 12.9. The van der Waals surface area contributed by atoms with E-state index in [4.69, 9.17) is 5.73 Å². The predicted octanol–water partition coefficient (Wildman–Crippen LogP) is 2.76. The summed E-state index contributed by atoms with van der Waals surface area (Å²) in [5.74, 6) is 1.13. The maximum Gasteiger partial charge on any atom is 0.270 e. The first-order chi connectivity index (χ1) is 8.97. The molecule has 0 aliphatic rings. The van der Waals surface area contributed by atoms with E-state index in [0.717, 1.165) is 0 Å². The van der Waals surface area contributed by atoms with Crippen LogP contribution in [0, 0.1) is 10.1 Å². The third kappa shape index (κ3) is 2.85. The van der Waals surface area contributed by atoms with Crippen LogP contribution < -0.4 is 5.73 Å². The van der Waals surface area contributed by atoms with Crippen LogP contribution in [0.4, 0.5) is 11.5 Å². The van der Waals surface area contributed by atoms with Crippen molar-refractivity contribution < 1.29 is 4.92 Å². The first-order valence-corrected chi connectivity index (χ1v) is 5.86. The highest BCUT2D eigenvalue weighted by Gasteiger charge is 2.11. The van der Waals surface area contributed by atoms with Gasteiger partial charge in [-0.25, -0.2) is 9.97 Å². The molecule has 0 fully saturated rings. The molecule has 6 heteroatoms. The van der Waals surface area contributed by atoms with Crippen LogP contribution in [0.3, 0.4) is 0 Å². The summed E-state index contributed by atoms with van der Waals surface area (Å²) in [5, 5.41) is 10.8. The summed E-state index contributed by atoms with van der Waals surface area (Å²) in [7, 11) is 0. The number of nitrogen functional groups attached to an aromatic ring is 1. The van der Waals surface area contributed by atoms with Gasteiger partial charge in [-0.15, -0.1) is 0 Å². The average Bonchev–Trinajstić information content (AvgIpc) is 2.38. The number of hydrogen-bond acceptors (Lipinski definition) is 5. The van der Waals surface area contributed by atoms with E-state index in [1.807, 2.05) is 13.8 Å². The maximum absolute atomic E-state index is 10.8. The lowest BCUT2D eigenvalue weighted by Gasteiger charge is -2.08. The highest BCUT2D eigenvalue weighted by Crippen LogP contribution is 2.24. The summed E-state index contributed by atoms with van der Waals surface area (Å²) in [6, 6.07) is 7.92. The molecule has 1 aromatic heterocycles. The fourth-order valence-electron chi connectivity index (χ4n) is 1.67. The Morgan fingerprint density at radius 1 is 1.26 bits per heavy atom. The highest BCUT2D eigenvalue weighted by molar-refractivity contribution is 5.64. The fraction of sp³-hybridized carbons (Fsp3) is 0.231. The van der Waals surface area contributed by atoms with Crippen LogP contribution in [0.25, 0.3) is 11.3 Å². The molecule has 0 spiro atoms. The van der Waals surface area contributed by atoms with Gasteiger partial charge in [-0.2, -0.15) is 0 Å². The molecule has 0 bridgehead atoms. The molecule has 0 amide bonds. The number of hydrogen-bond donors (Lipinski definition) is 1. The molecule has 2 N–H and O–H groups in total. The lowest BCUT2D eigenvalue weighted by Crippen LogP contribution is -2.03. The molecule has 2 rings (SSSR count). The van der Waals surface area contributed by atoms with Crippen molar-refractivity contribution in [1.29, 1.82) is 0 Å². The zero-order valence-electron chi connectivity index (χ0n) is 10.7. The standard InChI is InChI=1S/C13H14N4O2/c1-8(2)13-15-11(7-12(14)16-13)9-4-3-5-10(6-9)17(18)19/h3-8H,1-2H3,(H2,14,15,16). The Balaban J connectivity index is 2.52. The van der Waals surface area contributed by atoms with Gasteiger partial charge in [0.05, 0.1) is 10.6 Å². The third-order valence-corrected chi connectivity index (χ3v) is 2.63. The smallest absolute Gasteiger partial charge is 0.270 e. The topological polar surface area (TPSA) is 94.9 Å². The van der Waals surface area contributed by atoms with E-state index in [2.05, 4.69) is 9.97 Å². The monoisotopic (exact) mass is 258 g/mol. The molecular weight excluding hydrogens is 244 g/mol. The largest absolute Gasteiger partial charge is 0.384 e. The van der Waals surface area contributed by atoms with E-state index < -0.39 is 4.92 Å². The van der Waals surface area contributed by atoms with Crippen molar-refractivity contribution in [3.05, 3.63) is 46.3 Å². The molecule has 6 nitrogen and oxygen atoms in total. The molecule has 0 radical (unpaired) electrons. The van der Waals surface area contributed by atoms with Gasteiger partial charge in [0.2, 0.25) is 0 Å². The van der Waals surface area contributed by atoms with E-state index in [1.165, 1.54) is 12.1 Å². The van der Waals surface area contributed by atoms with E-state index in [-0.39, 0.29) is 11.6 Å². The first-order valence-electron chi connectivity index (χ1n) is 5.86. The summed E-state index contributed by atoms with van der Waals surface area (Å²) in [5.41, 5.74) is 7.03. The zero-order chi connectivity index (χ0) is 14.0. The van der Waals surface area contributed by atoms with Crippen LogP contribution in [0.5, 0.6) is 0 Å². The SMILES string of the molecule is CC(C)c1nc(N)cc(-c2cccc([N+](=O)[O-])c2)n1. The van der Waals surface area contributed by atoms with Crippen molar-refractivity contribution in [2.75, 3.05) is 5.73 Å². The Morgan fingerprint density at radius 3 is 2.63 bits per heavy atom. The van der Waals surface area contributed by atoms with Crippen LogP contribution in [0.15, 0.2) is 30.3 Å². The second-order valence-electron chi connectivity index (χ2n) is 4.50. The van der Waals surface area contributed by atoms with Crippen LogP contribution in [0.2, 0.25) is 0 Å². The number of anilines is 1. The molecule has 1 heterocycles. The summed E-state index contributed by atoms with van der Waals surface area (Å²) in [6.07, 6.45) is 0. The number of rotatable bonds is 3. The lowest BCUT2D eigenvalue weighted by atomic mass is 10.1. The molecule has 0 aliphatic carbocycles. The van der Waals surface area contributed by atoms with Crippen molar-refractivity contribution in [2.45, 2.75) is 19.8 Å². The molecule has 19 heavy (non-hydrogen) atoms. The van der Waals surface area contributed by atoms with Gasteiger partial charge in [0.25, 0.3) is 5.69 Å². The van der Waals surface area contributed by atoms with Gasteiger partial charge in [0.1, 0.15) is 11.6 Å². The quantitative estimate of drug-likeness (QED) is 0.674. The Bertz CT molecular complexity index is 626. The molecule has 0 saturated heterocycles. The van der Waals surface area contributed by atoms with Gasteiger partial charge in [0.15, 0.2) is 0 Å². The molecular formula is C13H14N4O2. The number of aromatic nitrogens is 2. The van der Waals surface area contributed by atoms with Crippen molar-refractivity contribution in [1.82, 2.24) is 9.97 Å². The predicted molar refractivity (Wildman–Crippen MR) is 72.6 cm³/mol. The van der Waals surface area contributed by atoms with E-state index in [1.54, 1.807) is 18.2 Å². The van der Waals surface area contributed by atoms with Crippen LogP contribution in [-0.4, -0.2) is 14.9 Å². The highest BCUT2D eigenvalue weighted by atomic mass is 16.6. The maximum atomic E-state index is 10.8. The molecule has 0 saturated carbocycles.